The van der Waals surface area contributed by atoms with Crippen molar-refractivity contribution in [1.29, 1.82) is 0 Å². The molecule has 0 aliphatic carbocycles. The SMILES string of the molecule is Cc1cc(F)cc2c1N(C(=O)CCS(C)(=O)=O)CCC2. The summed E-state index contributed by atoms with van der Waals surface area (Å²) in [7, 11) is -3.16. The lowest BCUT2D eigenvalue weighted by Gasteiger charge is -2.31. The van der Waals surface area contributed by atoms with Crippen LogP contribution in [0.3, 0.4) is 0 Å². The lowest BCUT2D eigenvalue weighted by atomic mass is 9.97. The second-order valence-corrected chi connectivity index (χ2v) is 7.52. The second-order valence-electron chi connectivity index (χ2n) is 5.26. The van der Waals surface area contributed by atoms with Crippen LogP contribution in [-0.4, -0.2) is 32.9 Å². The van der Waals surface area contributed by atoms with Gasteiger partial charge in [-0.3, -0.25) is 4.79 Å². The highest BCUT2D eigenvalue weighted by Crippen LogP contribution is 2.32. The molecule has 1 amide bonds. The molecule has 0 N–H and O–H groups in total. The van der Waals surface area contributed by atoms with Crippen LogP contribution in [0.1, 0.15) is 24.0 Å². The minimum absolute atomic E-state index is 0.0326. The fraction of sp³-hybridized carbons (Fsp3) is 0.500. The van der Waals surface area contributed by atoms with E-state index in [2.05, 4.69) is 0 Å². The first-order valence-corrected chi connectivity index (χ1v) is 8.61. The maximum Gasteiger partial charge on any atom is 0.228 e. The van der Waals surface area contributed by atoms with E-state index in [1.807, 2.05) is 0 Å². The van der Waals surface area contributed by atoms with Gasteiger partial charge >= 0.3 is 0 Å². The Hall–Kier alpha value is -1.43. The number of carbonyl (C=O) groups excluding carboxylic acids is 1. The molecule has 4 nitrogen and oxygen atoms in total. The number of hydrogen-bond donors (Lipinski definition) is 0. The summed E-state index contributed by atoms with van der Waals surface area (Å²) in [6.45, 7) is 2.33. The van der Waals surface area contributed by atoms with E-state index in [9.17, 15) is 17.6 Å². The van der Waals surface area contributed by atoms with Gasteiger partial charge in [-0.05, 0) is 43.0 Å². The first-order valence-electron chi connectivity index (χ1n) is 6.55. The van der Waals surface area contributed by atoms with E-state index < -0.39 is 9.84 Å². The maximum absolute atomic E-state index is 13.4. The summed E-state index contributed by atoms with van der Waals surface area (Å²) in [5.74, 6) is -0.671. The van der Waals surface area contributed by atoms with E-state index in [1.54, 1.807) is 11.8 Å². The fourth-order valence-electron chi connectivity index (χ4n) is 2.58. The van der Waals surface area contributed by atoms with Crippen LogP contribution in [0.15, 0.2) is 12.1 Å². The summed E-state index contributed by atoms with van der Waals surface area (Å²) in [5, 5.41) is 0. The smallest absolute Gasteiger partial charge is 0.228 e. The number of nitrogens with zero attached hydrogens (tertiary/aromatic N) is 1. The Morgan fingerprint density at radius 1 is 1.40 bits per heavy atom. The molecule has 110 valence electrons. The second kappa shape index (κ2) is 5.52. The number of halogens is 1. The van der Waals surface area contributed by atoms with Crippen molar-refractivity contribution < 1.29 is 17.6 Å². The predicted molar refractivity (Wildman–Crippen MR) is 76.1 cm³/mol. The first kappa shape index (κ1) is 15.0. The van der Waals surface area contributed by atoms with Gasteiger partial charge in [0.05, 0.1) is 5.75 Å². The van der Waals surface area contributed by atoms with Crippen molar-refractivity contribution in [2.24, 2.45) is 0 Å². The highest BCUT2D eigenvalue weighted by atomic mass is 32.2. The van der Waals surface area contributed by atoms with Crippen molar-refractivity contribution in [2.45, 2.75) is 26.2 Å². The molecule has 0 atom stereocenters. The molecular formula is C14H18FNO3S. The number of fused-ring (bicyclic) bond motifs is 1. The van der Waals surface area contributed by atoms with Crippen LogP contribution in [0.25, 0.3) is 0 Å². The zero-order valence-electron chi connectivity index (χ0n) is 11.6. The molecular weight excluding hydrogens is 281 g/mol. The average molecular weight is 299 g/mol. The number of anilines is 1. The number of benzene rings is 1. The molecule has 1 heterocycles. The van der Waals surface area contributed by atoms with Gasteiger partial charge in [0.2, 0.25) is 5.91 Å². The van der Waals surface area contributed by atoms with Crippen LogP contribution in [0, 0.1) is 12.7 Å². The van der Waals surface area contributed by atoms with Gasteiger partial charge in [-0.25, -0.2) is 12.8 Å². The number of aryl methyl sites for hydroxylation is 2. The van der Waals surface area contributed by atoms with Crippen LogP contribution < -0.4 is 4.90 Å². The van der Waals surface area contributed by atoms with Crippen molar-refractivity contribution in [2.75, 3.05) is 23.5 Å². The van der Waals surface area contributed by atoms with E-state index >= 15 is 0 Å². The van der Waals surface area contributed by atoms with Crippen LogP contribution in [-0.2, 0) is 21.1 Å². The molecule has 0 saturated heterocycles. The maximum atomic E-state index is 13.4. The van der Waals surface area contributed by atoms with Gasteiger partial charge in [0, 0.05) is 24.9 Å². The number of sulfone groups is 1. The minimum Gasteiger partial charge on any atom is -0.312 e. The predicted octanol–water partition coefficient (Wildman–Crippen LogP) is 1.85. The molecule has 1 aromatic rings. The van der Waals surface area contributed by atoms with E-state index in [0.717, 1.165) is 30.3 Å². The summed E-state index contributed by atoms with van der Waals surface area (Å²) in [5.41, 5.74) is 2.28. The Bertz CT molecular complexity index is 640. The van der Waals surface area contributed by atoms with Crippen LogP contribution in [0.2, 0.25) is 0 Å². The first-order chi connectivity index (χ1) is 9.28. The van der Waals surface area contributed by atoms with E-state index in [4.69, 9.17) is 0 Å². The molecule has 0 unspecified atom stereocenters. The normalized spacial score (nSPS) is 15.1. The van der Waals surface area contributed by atoms with E-state index in [1.165, 1.54) is 12.1 Å². The standard InChI is InChI=1S/C14H18FNO3S/c1-10-8-12(15)9-11-4-3-6-16(14(10)11)13(17)5-7-20(2,18)19/h8-9H,3-7H2,1-2H3. The van der Waals surface area contributed by atoms with Crippen molar-refractivity contribution >= 4 is 21.4 Å². The van der Waals surface area contributed by atoms with Gasteiger partial charge in [0.15, 0.2) is 0 Å². The third-order valence-corrected chi connectivity index (χ3v) is 4.38. The van der Waals surface area contributed by atoms with E-state index in [-0.39, 0.29) is 23.9 Å². The molecule has 20 heavy (non-hydrogen) atoms. The quantitative estimate of drug-likeness (QED) is 0.856. The Morgan fingerprint density at radius 3 is 2.75 bits per heavy atom. The average Bonchev–Trinajstić information content (AvgIpc) is 2.33. The minimum atomic E-state index is -3.16. The summed E-state index contributed by atoms with van der Waals surface area (Å²) >= 11 is 0. The van der Waals surface area contributed by atoms with Crippen molar-refractivity contribution in [3.05, 3.63) is 29.1 Å². The number of carbonyl (C=O) groups is 1. The molecule has 0 fully saturated rings. The molecule has 6 heteroatoms. The number of amides is 1. The molecule has 1 aliphatic heterocycles. The Kier molecular flexibility index (Phi) is 4.13. The lowest BCUT2D eigenvalue weighted by molar-refractivity contribution is -0.118. The molecule has 0 aromatic heterocycles. The molecule has 0 spiro atoms. The molecule has 1 aromatic carbocycles. The number of rotatable bonds is 3. The van der Waals surface area contributed by atoms with E-state index in [0.29, 0.717) is 12.1 Å². The highest BCUT2D eigenvalue weighted by molar-refractivity contribution is 7.90. The summed E-state index contributed by atoms with van der Waals surface area (Å²) in [4.78, 5) is 13.8. The molecule has 1 aliphatic rings. The summed E-state index contributed by atoms with van der Waals surface area (Å²) in [6.07, 6.45) is 2.59. The lowest BCUT2D eigenvalue weighted by Crippen LogP contribution is -2.37. The van der Waals surface area contributed by atoms with Gasteiger partial charge in [-0.1, -0.05) is 0 Å². The zero-order valence-corrected chi connectivity index (χ0v) is 12.5. The topological polar surface area (TPSA) is 54.5 Å². The third-order valence-electron chi connectivity index (χ3n) is 3.43. The zero-order chi connectivity index (χ0) is 14.9. The number of hydrogen-bond acceptors (Lipinski definition) is 3. The molecule has 0 bridgehead atoms. The van der Waals surface area contributed by atoms with Gasteiger partial charge in [0.25, 0.3) is 0 Å². The monoisotopic (exact) mass is 299 g/mol. The van der Waals surface area contributed by atoms with Crippen LogP contribution in [0.5, 0.6) is 0 Å². The Morgan fingerprint density at radius 2 is 2.10 bits per heavy atom. The Balaban J connectivity index is 2.26. The van der Waals surface area contributed by atoms with Gasteiger partial charge in [0.1, 0.15) is 15.7 Å². The van der Waals surface area contributed by atoms with Crippen molar-refractivity contribution in [3.8, 4) is 0 Å². The van der Waals surface area contributed by atoms with Crippen molar-refractivity contribution in [3.63, 3.8) is 0 Å². The van der Waals surface area contributed by atoms with Crippen LogP contribution in [0.4, 0.5) is 10.1 Å². The van der Waals surface area contributed by atoms with Gasteiger partial charge in [-0.2, -0.15) is 0 Å². The molecule has 2 rings (SSSR count). The third kappa shape index (κ3) is 3.36. The largest absolute Gasteiger partial charge is 0.312 e. The molecule has 0 radical (unpaired) electrons. The Labute approximate surface area is 118 Å². The molecule has 0 saturated carbocycles. The van der Waals surface area contributed by atoms with Gasteiger partial charge in [-0.15, -0.1) is 0 Å². The summed E-state index contributed by atoms with van der Waals surface area (Å²) < 4.78 is 35.7. The summed E-state index contributed by atoms with van der Waals surface area (Å²) in [6, 6.07) is 2.86. The van der Waals surface area contributed by atoms with Crippen LogP contribution >= 0.6 is 0 Å². The highest BCUT2D eigenvalue weighted by Gasteiger charge is 2.25. The fourth-order valence-corrected chi connectivity index (χ4v) is 3.12. The van der Waals surface area contributed by atoms with Crippen molar-refractivity contribution in [1.82, 2.24) is 0 Å². The van der Waals surface area contributed by atoms with Gasteiger partial charge < -0.3 is 4.90 Å².